The largest absolute Gasteiger partial charge is 0.384 e. The maximum atomic E-state index is 13.1. The van der Waals surface area contributed by atoms with E-state index in [0.717, 1.165) is 6.42 Å². The van der Waals surface area contributed by atoms with Gasteiger partial charge in [0.1, 0.15) is 16.2 Å². The molecule has 6 nitrogen and oxygen atoms in total. The van der Waals surface area contributed by atoms with Crippen molar-refractivity contribution in [3.8, 4) is 0 Å². The third-order valence-electron chi connectivity index (χ3n) is 4.08. The van der Waals surface area contributed by atoms with Crippen molar-refractivity contribution in [2.75, 3.05) is 5.73 Å². The highest BCUT2D eigenvalue weighted by Crippen LogP contribution is 2.34. The number of hydrogen-bond donors (Lipinski definition) is 1. The number of nitrogens with zero attached hydrogens (tertiary/aromatic N) is 3. The predicted octanol–water partition coefficient (Wildman–Crippen LogP) is 3.28. The summed E-state index contributed by atoms with van der Waals surface area (Å²) >= 11 is 0. The molecule has 2 aromatic heterocycles. The van der Waals surface area contributed by atoms with Gasteiger partial charge in [0.05, 0.1) is 4.90 Å². The lowest BCUT2D eigenvalue weighted by molar-refractivity contribution is 0.353. The van der Waals surface area contributed by atoms with Crippen LogP contribution in [0.1, 0.15) is 27.2 Å². The van der Waals surface area contributed by atoms with Crippen LogP contribution in [-0.4, -0.2) is 23.0 Å². The van der Waals surface area contributed by atoms with Gasteiger partial charge in [-0.05, 0) is 24.0 Å². The average molecular weight is 358 g/mol. The zero-order valence-electron chi connectivity index (χ0n) is 14.6. The molecule has 0 radical (unpaired) electrons. The van der Waals surface area contributed by atoms with E-state index in [1.807, 2.05) is 0 Å². The molecule has 2 heterocycles. The van der Waals surface area contributed by atoms with Crippen LogP contribution in [0.3, 0.4) is 0 Å². The highest BCUT2D eigenvalue weighted by Gasteiger charge is 2.29. The number of anilines is 1. The van der Waals surface area contributed by atoms with Crippen LogP contribution in [0.15, 0.2) is 52.5 Å². The first kappa shape index (κ1) is 17.4. The van der Waals surface area contributed by atoms with Crippen LogP contribution in [0, 0.1) is 5.41 Å². The van der Waals surface area contributed by atoms with Crippen molar-refractivity contribution in [2.45, 2.75) is 43.5 Å². The molecule has 0 aliphatic heterocycles. The number of rotatable bonds is 4. The van der Waals surface area contributed by atoms with E-state index in [0.29, 0.717) is 17.7 Å². The number of nitrogens with two attached hydrogens (primary N) is 1. The number of nitrogen functional groups attached to an aromatic ring is 1. The molecule has 0 bridgehead atoms. The van der Waals surface area contributed by atoms with Crippen molar-refractivity contribution in [1.29, 1.82) is 0 Å². The lowest BCUT2D eigenvalue weighted by Gasteiger charge is -2.19. The van der Waals surface area contributed by atoms with Crippen LogP contribution in [0.4, 0.5) is 5.82 Å². The minimum atomic E-state index is -3.78. The number of aromatic nitrogens is 3. The second-order valence-electron chi connectivity index (χ2n) is 7.22. The normalized spacial score (nSPS) is 12.6. The molecule has 1 aromatic carbocycles. The Hall–Kier alpha value is -2.41. The average Bonchev–Trinajstić information content (AvgIpc) is 2.85. The Kier molecular flexibility index (Phi) is 4.28. The standard InChI is InChI=1S/C18H22N4O2S/c1-18(2,3)9-12-22-16(19)15(14-17(22)21-11-10-20-14)25(23,24)13-7-5-4-6-8-13/h4-8,10-11H,9,12,19H2,1-3H3. The molecule has 3 aromatic rings. The van der Waals surface area contributed by atoms with Crippen LogP contribution in [-0.2, 0) is 16.4 Å². The van der Waals surface area contributed by atoms with Gasteiger partial charge in [-0.25, -0.2) is 18.4 Å². The van der Waals surface area contributed by atoms with E-state index in [4.69, 9.17) is 5.73 Å². The summed E-state index contributed by atoms with van der Waals surface area (Å²) in [6.07, 6.45) is 3.87. The Morgan fingerprint density at radius 1 is 1.08 bits per heavy atom. The number of benzene rings is 1. The fourth-order valence-corrected chi connectivity index (χ4v) is 4.24. The second-order valence-corrected chi connectivity index (χ2v) is 9.11. The molecule has 0 fully saturated rings. The van der Waals surface area contributed by atoms with Crippen LogP contribution >= 0.6 is 0 Å². The summed E-state index contributed by atoms with van der Waals surface area (Å²) in [4.78, 5) is 8.82. The Morgan fingerprint density at radius 3 is 2.36 bits per heavy atom. The van der Waals surface area contributed by atoms with Crippen molar-refractivity contribution >= 4 is 26.8 Å². The summed E-state index contributed by atoms with van der Waals surface area (Å²) in [6, 6.07) is 8.27. The molecule has 0 spiro atoms. The van der Waals surface area contributed by atoms with E-state index < -0.39 is 9.84 Å². The zero-order chi connectivity index (χ0) is 18.2. The number of sulfone groups is 1. The molecule has 0 saturated carbocycles. The van der Waals surface area contributed by atoms with Gasteiger partial charge in [0.15, 0.2) is 5.65 Å². The molecule has 3 rings (SSSR count). The van der Waals surface area contributed by atoms with Crippen molar-refractivity contribution in [3.05, 3.63) is 42.7 Å². The topological polar surface area (TPSA) is 90.9 Å². The van der Waals surface area contributed by atoms with Crippen molar-refractivity contribution in [1.82, 2.24) is 14.5 Å². The van der Waals surface area contributed by atoms with Gasteiger partial charge in [0, 0.05) is 18.9 Å². The van der Waals surface area contributed by atoms with Gasteiger partial charge in [-0.2, -0.15) is 0 Å². The van der Waals surface area contributed by atoms with Crippen molar-refractivity contribution in [3.63, 3.8) is 0 Å². The van der Waals surface area contributed by atoms with Crippen molar-refractivity contribution in [2.24, 2.45) is 5.41 Å². The van der Waals surface area contributed by atoms with Gasteiger partial charge in [0.2, 0.25) is 9.84 Å². The van der Waals surface area contributed by atoms with E-state index in [1.54, 1.807) is 41.1 Å². The van der Waals surface area contributed by atoms with Gasteiger partial charge in [-0.15, -0.1) is 0 Å². The van der Waals surface area contributed by atoms with E-state index in [9.17, 15) is 8.42 Å². The molecule has 0 atom stereocenters. The maximum Gasteiger partial charge on any atom is 0.212 e. The summed E-state index contributed by atoms with van der Waals surface area (Å²) in [5.74, 6) is 0.189. The van der Waals surface area contributed by atoms with Gasteiger partial charge in [-0.1, -0.05) is 39.0 Å². The molecular weight excluding hydrogens is 336 g/mol. The predicted molar refractivity (Wildman–Crippen MR) is 97.9 cm³/mol. The smallest absolute Gasteiger partial charge is 0.212 e. The molecule has 2 N–H and O–H groups in total. The van der Waals surface area contributed by atoms with Crippen LogP contribution in [0.25, 0.3) is 11.2 Å². The quantitative estimate of drug-likeness (QED) is 0.773. The lowest BCUT2D eigenvalue weighted by atomic mass is 9.92. The van der Waals surface area contributed by atoms with Crippen LogP contribution < -0.4 is 5.73 Å². The summed E-state index contributed by atoms with van der Waals surface area (Å²) in [7, 11) is -3.78. The van der Waals surface area contributed by atoms with Crippen molar-refractivity contribution < 1.29 is 8.42 Å². The number of aryl methyl sites for hydroxylation is 1. The summed E-state index contributed by atoms with van der Waals surface area (Å²) < 4.78 is 28.0. The minimum Gasteiger partial charge on any atom is -0.384 e. The molecule has 25 heavy (non-hydrogen) atoms. The fourth-order valence-electron chi connectivity index (χ4n) is 2.70. The van der Waals surface area contributed by atoms with E-state index >= 15 is 0 Å². The van der Waals surface area contributed by atoms with E-state index in [2.05, 4.69) is 30.7 Å². The highest BCUT2D eigenvalue weighted by atomic mass is 32.2. The van der Waals surface area contributed by atoms with Gasteiger partial charge < -0.3 is 10.3 Å². The molecule has 7 heteroatoms. The Balaban J connectivity index is 2.22. The number of fused-ring (bicyclic) bond motifs is 1. The van der Waals surface area contributed by atoms with E-state index in [-0.39, 0.29) is 21.0 Å². The first-order valence-electron chi connectivity index (χ1n) is 8.10. The Morgan fingerprint density at radius 2 is 1.72 bits per heavy atom. The van der Waals surface area contributed by atoms with Gasteiger partial charge >= 0.3 is 0 Å². The molecule has 0 unspecified atom stereocenters. The molecule has 132 valence electrons. The third-order valence-corrected chi connectivity index (χ3v) is 5.91. The summed E-state index contributed by atoms with van der Waals surface area (Å²) in [6.45, 7) is 6.96. The van der Waals surface area contributed by atoms with Crippen LogP contribution in [0.2, 0.25) is 0 Å². The first-order chi connectivity index (χ1) is 11.7. The van der Waals surface area contributed by atoms with E-state index in [1.165, 1.54) is 6.20 Å². The monoisotopic (exact) mass is 358 g/mol. The summed E-state index contributed by atoms with van der Waals surface area (Å²) in [5.41, 5.74) is 7.18. The van der Waals surface area contributed by atoms with Gasteiger partial charge in [-0.3, -0.25) is 0 Å². The lowest BCUT2D eigenvalue weighted by Crippen LogP contribution is -2.13. The Labute approximate surface area is 147 Å². The fraction of sp³-hybridized carbons (Fsp3) is 0.333. The SMILES string of the molecule is CC(C)(C)CCn1c(N)c(S(=O)(=O)c2ccccc2)c2nccnc21. The molecule has 0 aliphatic rings. The van der Waals surface area contributed by atoms with Gasteiger partial charge in [0.25, 0.3) is 0 Å². The Bertz CT molecular complexity index is 1000. The summed E-state index contributed by atoms with van der Waals surface area (Å²) in [5, 5.41) is 0. The molecule has 0 aliphatic carbocycles. The second kappa shape index (κ2) is 6.15. The highest BCUT2D eigenvalue weighted by molar-refractivity contribution is 7.92. The minimum absolute atomic E-state index is 0.0377. The maximum absolute atomic E-state index is 13.1. The first-order valence-corrected chi connectivity index (χ1v) is 9.59. The third kappa shape index (κ3) is 3.24. The molecular formula is C18H22N4O2S. The zero-order valence-corrected chi connectivity index (χ0v) is 15.4. The van der Waals surface area contributed by atoms with Crippen LogP contribution in [0.5, 0.6) is 0 Å². The molecule has 0 amide bonds. The molecule has 0 saturated heterocycles. The number of hydrogen-bond acceptors (Lipinski definition) is 5.